The second-order valence-corrected chi connectivity index (χ2v) is 10.8. The van der Waals surface area contributed by atoms with Gasteiger partial charge in [-0.3, -0.25) is 4.67 Å². The summed E-state index contributed by atoms with van der Waals surface area (Å²) in [6.07, 6.45) is 0. The van der Waals surface area contributed by atoms with E-state index in [0.717, 1.165) is 49.7 Å². The van der Waals surface area contributed by atoms with Crippen LogP contribution in [0.3, 0.4) is 0 Å². The molecule has 7 rings (SSSR count). The quantitative estimate of drug-likeness (QED) is 0.223. The van der Waals surface area contributed by atoms with Crippen molar-refractivity contribution in [3.63, 3.8) is 0 Å². The number of nitrogens with zero attached hydrogens (tertiary/aromatic N) is 1. The van der Waals surface area contributed by atoms with Gasteiger partial charge in [0.2, 0.25) is 0 Å². The van der Waals surface area contributed by atoms with Crippen molar-refractivity contribution in [2.24, 2.45) is 0 Å². The highest BCUT2D eigenvalue weighted by atomic mass is 31.1. The molecular formula is C34H26NO3P. The molecule has 6 aromatic carbocycles. The van der Waals surface area contributed by atoms with E-state index in [2.05, 4.69) is 108 Å². The fourth-order valence-electron chi connectivity index (χ4n) is 5.23. The lowest BCUT2D eigenvalue weighted by molar-refractivity contribution is 0.415. The molecule has 4 nitrogen and oxygen atoms in total. The SMILES string of the molecule is COc1cccc(N(Cc2ccccc2)p2oc3ccc4ccccc4c3c3c(ccc4ccccc43)o2)c1. The standard InChI is InChI=1S/C34H26NO3P/c1-36-28-15-9-14-27(22-28)35(23-24-10-3-2-4-11-24)39-37-31-20-18-25-12-5-7-16-29(25)33(31)34-30-17-8-6-13-26(30)19-21-32(34)38-39/h2-22H,23H2,1H3. The number of fused-ring (bicyclic) bond motifs is 7. The van der Waals surface area contributed by atoms with E-state index >= 15 is 0 Å². The van der Waals surface area contributed by atoms with Crippen LogP contribution in [0, 0.1) is 0 Å². The summed E-state index contributed by atoms with van der Waals surface area (Å²) in [5.74, 6) is 0.785. The van der Waals surface area contributed by atoms with Crippen molar-refractivity contribution in [1.82, 2.24) is 0 Å². The van der Waals surface area contributed by atoms with E-state index in [0.29, 0.717) is 6.54 Å². The zero-order chi connectivity index (χ0) is 26.2. The minimum atomic E-state index is -1.59. The molecule has 1 aromatic heterocycles. The van der Waals surface area contributed by atoms with Gasteiger partial charge < -0.3 is 13.1 Å². The van der Waals surface area contributed by atoms with Gasteiger partial charge in [-0.1, -0.05) is 97.1 Å². The molecule has 0 saturated heterocycles. The van der Waals surface area contributed by atoms with E-state index in [1.165, 1.54) is 10.8 Å². The molecule has 0 saturated carbocycles. The van der Waals surface area contributed by atoms with E-state index < -0.39 is 8.16 Å². The van der Waals surface area contributed by atoms with Crippen molar-refractivity contribution < 1.29 is 13.1 Å². The van der Waals surface area contributed by atoms with Crippen molar-refractivity contribution in [2.45, 2.75) is 6.54 Å². The van der Waals surface area contributed by atoms with E-state index in [1.807, 2.05) is 24.3 Å². The highest BCUT2D eigenvalue weighted by Crippen LogP contribution is 2.45. The van der Waals surface area contributed by atoms with Gasteiger partial charge in [-0.05, 0) is 51.4 Å². The van der Waals surface area contributed by atoms with Crippen molar-refractivity contribution in [3.05, 3.63) is 133 Å². The summed E-state index contributed by atoms with van der Waals surface area (Å²) in [5, 5.41) is 6.75. The minimum absolute atomic E-state index is 0.617. The van der Waals surface area contributed by atoms with E-state index in [4.69, 9.17) is 13.1 Å². The highest BCUT2D eigenvalue weighted by molar-refractivity contribution is 7.39. The predicted molar refractivity (Wildman–Crippen MR) is 162 cm³/mol. The minimum Gasteiger partial charge on any atom is -0.497 e. The van der Waals surface area contributed by atoms with Gasteiger partial charge in [-0.15, -0.1) is 0 Å². The largest absolute Gasteiger partial charge is 0.497 e. The molecule has 0 radical (unpaired) electrons. The van der Waals surface area contributed by atoms with Crippen molar-refractivity contribution in [3.8, 4) is 5.75 Å². The molecule has 5 heteroatoms. The number of rotatable bonds is 5. The van der Waals surface area contributed by atoms with Crippen LogP contribution in [0.15, 0.2) is 136 Å². The zero-order valence-electron chi connectivity index (χ0n) is 21.5. The van der Waals surface area contributed by atoms with Gasteiger partial charge >= 0.3 is 8.16 Å². The summed E-state index contributed by atoms with van der Waals surface area (Å²) < 4.78 is 21.6. The molecule has 0 fully saturated rings. The van der Waals surface area contributed by atoms with Crippen LogP contribution in [0.25, 0.3) is 43.5 Å². The number of hydrogen-bond donors (Lipinski definition) is 0. The molecule has 1 heterocycles. The topological polar surface area (TPSA) is 38.8 Å². The Labute approximate surface area is 227 Å². The number of hydrogen-bond acceptors (Lipinski definition) is 4. The van der Waals surface area contributed by atoms with Gasteiger partial charge in [0.1, 0.15) is 16.9 Å². The Morgan fingerprint density at radius 2 is 1.21 bits per heavy atom. The van der Waals surface area contributed by atoms with Crippen molar-refractivity contribution in [2.75, 3.05) is 11.8 Å². The number of methoxy groups -OCH3 is 1. The van der Waals surface area contributed by atoms with Gasteiger partial charge in [-0.25, -0.2) is 0 Å². The maximum absolute atomic E-state index is 6.89. The fraction of sp³-hybridized carbons (Fsp3) is 0.0588. The van der Waals surface area contributed by atoms with E-state index in [9.17, 15) is 0 Å². The van der Waals surface area contributed by atoms with Crippen LogP contribution in [0.2, 0.25) is 0 Å². The summed E-state index contributed by atoms with van der Waals surface area (Å²) in [6.45, 7) is 0.617. The molecule has 0 N–H and O–H groups in total. The number of anilines is 1. The van der Waals surface area contributed by atoms with Gasteiger partial charge in [0, 0.05) is 16.8 Å². The van der Waals surface area contributed by atoms with Crippen LogP contribution in [0.4, 0.5) is 5.69 Å². The molecule has 0 aliphatic rings. The van der Waals surface area contributed by atoms with Crippen LogP contribution < -0.4 is 9.41 Å². The van der Waals surface area contributed by atoms with Crippen LogP contribution in [-0.4, -0.2) is 7.11 Å². The normalized spacial score (nSPS) is 11.3. The first kappa shape index (κ1) is 23.5. The van der Waals surface area contributed by atoms with E-state index in [-0.39, 0.29) is 0 Å². The first-order valence-corrected chi connectivity index (χ1v) is 14.1. The maximum atomic E-state index is 6.89. The predicted octanol–water partition coefficient (Wildman–Crippen LogP) is 10.1. The summed E-state index contributed by atoms with van der Waals surface area (Å²) in [6, 6.07) is 43.8. The molecule has 0 unspecified atom stereocenters. The molecular weight excluding hydrogens is 501 g/mol. The third-order valence-corrected chi connectivity index (χ3v) is 8.58. The zero-order valence-corrected chi connectivity index (χ0v) is 22.3. The Balaban J connectivity index is 1.60. The summed E-state index contributed by atoms with van der Waals surface area (Å²) in [5.41, 5.74) is 3.76. The smallest absolute Gasteiger partial charge is 0.341 e. The monoisotopic (exact) mass is 527 g/mol. The number of benzene rings is 6. The average Bonchev–Trinajstić information content (AvgIpc) is 3.17. The Bertz CT molecular complexity index is 1900. The summed E-state index contributed by atoms with van der Waals surface area (Å²) in [4.78, 5) is 0. The Hall–Kier alpha value is -4.66. The lowest BCUT2D eigenvalue weighted by Gasteiger charge is -2.21. The lowest BCUT2D eigenvalue weighted by atomic mass is 9.99. The molecule has 190 valence electrons. The third kappa shape index (κ3) is 4.29. The van der Waals surface area contributed by atoms with Crippen LogP contribution >= 0.6 is 8.16 Å². The van der Waals surface area contributed by atoms with Gasteiger partial charge in [0.15, 0.2) is 0 Å². The van der Waals surface area contributed by atoms with Gasteiger partial charge in [0.05, 0.1) is 19.3 Å². The molecule has 0 bridgehead atoms. The molecule has 0 aliphatic heterocycles. The Kier molecular flexibility index (Phi) is 5.96. The third-order valence-electron chi connectivity index (χ3n) is 7.11. The first-order valence-electron chi connectivity index (χ1n) is 12.9. The fourth-order valence-corrected chi connectivity index (χ4v) is 6.69. The number of ether oxygens (including phenoxy) is 1. The van der Waals surface area contributed by atoms with Crippen LogP contribution in [-0.2, 0) is 6.54 Å². The second-order valence-electron chi connectivity index (χ2n) is 9.48. The molecule has 0 atom stereocenters. The van der Waals surface area contributed by atoms with Crippen molar-refractivity contribution in [1.29, 1.82) is 0 Å². The highest BCUT2D eigenvalue weighted by Gasteiger charge is 2.19. The maximum Gasteiger partial charge on any atom is 0.341 e. The summed E-state index contributed by atoms with van der Waals surface area (Å²) >= 11 is 0. The molecule has 7 aromatic rings. The Morgan fingerprint density at radius 1 is 0.615 bits per heavy atom. The van der Waals surface area contributed by atoms with E-state index in [1.54, 1.807) is 7.11 Å². The van der Waals surface area contributed by atoms with Crippen LogP contribution in [0.1, 0.15) is 5.56 Å². The molecule has 0 spiro atoms. The van der Waals surface area contributed by atoms with Crippen molar-refractivity contribution >= 4 is 57.3 Å². The lowest BCUT2D eigenvalue weighted by Crippen LogP contribution is -2.12. The molecule has 0 aliphatic carbocycles. The Morgan fingerprint density at radius 3 is 1.82 bits per heavy atom. The molecule has 0 amide bonds. The van der Waals surface area contributed by atoms with Gasteiger partial charge in [0.25, 0.3) is 0 Å². The first-order chi connectivity index (χ1) is 19.3. The summed E-state index contributed by atoms with van der Waals surface area (Å²) in [7, 11) is 0.103. The average molecular weight is 528 g/mol. The van der Waals surface area contributed by atoms with Crippen LogP contribution in [0.5, 0.6) is 5.75 Å². The van der Waals surface area contributed by atoms with Gasteiger partial charge in [-0.2, -0.15) is 0 Å². The second kappa shape index (κ2) is 9.90. The molecule has 39 heavy (non-hydrogen) atoms.